The van der Waals surface area contributed by atoms with Gasteiger partial charge in [0, 0.05) is 12.0 Å². The molecule has 1 fully saturated rings. The Labute approximate surface area is 89.1 Å². The fourth-order valence-electron chi connectivity index (χ4n) is 2.59. The summed E-state index contributed by atoms with van der Waals surface area (Å²) < 4.78 is 5.98. The van der Waals surface area contributed by atoms with Gasteiger partial charge in [0.15, 0.2) is 11.5 Å². The second-order valence-corrected chi connectivity index (χ2v) is 4.48. The zero-order valence-electron chi connectivity index (χ0n) is 8.62. The largest absolute Gasteiger partial charge is 0.504 e. The van der Waals surface area contributed by atoms with E-state index in [1.165, 1.54) is 0 Å². The second-order valence-electron chi connectivity index (χ2n) is 4.48. The van der Waals surface area contributed by atoms with Crippen LogP contribution in [0.3, 0.4) is 0 Å². The van der Waals surface area contributed by atoms with E-state index in [1.54, 1.807) is 6.07 Å². The van der Waals surface area contributed by atoms with Crippen LogP contribution in [0, 0.1) is 0 Å². The molecule has 15 heavy (non-hydrogen) atoms. The molecule has 0 aliphatic carbocycles. The molecule has 0 amide bonds. The monoisotopic (exact) mass is 205 g/mol. The highest BCUT2D eigenvalue weighted by Crippen LogP contribution is 2.44. The Balaban J connectivity index is 1.94. The first-order chi connectivity index (χ1) is 7.29. The van der Waals surface area contributed by atoms with Crippen LogP contribution in [0.1, 0.15) is 18.4 Å². The first kappa shape index (κ1) is 9.04. The molecule has 3 rings (SSSR count). The summed E-state index contributed by atoms with van der Waals surface area (Å²) in [6.07, 6.45) is 3.00. The number of fused-ring (bicyclic) bond motifs is 1. The van der Waals surface area contributed by atoms with Gasteiger partial charge in [-0.05, 0) is 32.0 Å². The van der Waals surface area contributed by atoms with Crippen LogP contribution in [-0.2, 0) is 6.42 Å². The van der Waals surface area contributed by atoms with Crippen LogP contribution in [0.25, 0.3) is 0 Å². The van der Waals surface area contributed by atoms with E-state index in [0.29, 0.717) is 5.75 Å². The summed E-state index contributed by atoms with van der Waals surface area (Å²) in [5, 5.41) is 13.0. The minimum Gasteiger partial charge on any atom is -0.504 e. The Kier molecular flexibility index (Phi) is 1.89. The maximum Gasteiger partial charge on any atom is 0.165 e. The van der Waals surface area contributed by atoms with Crippen molar-refractivity contribution in [3.05, 3.63) is 23.8 Å². The predicted octanol–water partition coefficient (Wildman–Crippen LogP) is 1.45. The van der Waals surface area contributed by atoms with Gasteiger partial charge in [0.1, 0.15) is 5.60 Å². The van der Waals surface area contributed by atoms with Gasteiger partial charge in [-0.15, -0.1) is 0 Å². The number of para-hydroxylation sites is 1. The lowest BCUT2D eigenvalue weighted by Gasteiger charge is -2.33. The summed E-state index contributed by atoms with van der Waals surface area (Å²) in [6.45, 7) is 2.02. The molecule has 1 saturated heterocycles. The Bertz CT molecular complexity index is 383. The smallest absolute Gasteiger partial charge is 0.165 e. The minimum absolute atomic E-state index is 0.0492. The summed E-state index contributed by atoms with van der Waals surface area (Å²) >= 11 is 0. The van der Waals surface area contributed by atoms with E-state index < -0.39 is 0 Å². The maximum atomic E-state index is 9.70. The first-order valence-corrected chi connectivity index (χ1v) is 5.50. The number of hydrogen-bond acceptors (Lipinski definition) is 3. The van der Waals surface area contributed by atoms with E-state index >= 15 is 0 Å². The van der Waals surface area contributed by atoms with E-state index in [9.17, 15) is 5.11 Å². The molecule has 2 N–H and O–H groups in total. The SMILES string of the molecule is Oc1cccc2c1OC1(CCNCC1)C2. The van der Waals surface area contributed by atoms with Crippen molar-refractivity contribution in [1.82, 2.24) is 5.32 Å². The van der Waals surface area contributed by atoms with Gasteiger partial charge in [0.05, 0.1) is 0 Å². The Morgan fingerprint density at radius 1 is 1.27 bits per heavy atom. The maximum absolute atomic E-state index is 9.70. The van der Waals surface area contributed by atoms with E-state index in [0.717, 1.165) is 37.9 Å². The van der Waals surface area contributed by atoms with Crippen molar-refractivity contribution in [1.29, 1.82) is 0 Å². The molecule has 2 aliphatic rings. The Morgan fingerprint density at radius 2 is 2.07 bits per heavy atom. The summed E-state index contributed by atoms with van der Waals surface area (Å²) in [6, 6.07) is 5.63. The molecule has 0 saturated carbocycles. The summed E-state index contributed by atoms with van der Waals surface area (Å²) in [5.74, 6) is 0.988. The molecule has 1 spiro atoms. The number of nitrogens with one attached hydrogen (secondary N) is 1. The van der Waals surface area contributed by atoms with Crippen molar-refractivity contribution >= 4 is 0 Å². The lowest BCUT2D eigenvalue weighted by molar-refractivity contribution is 0.0577. The lowest BCUT2D eigenvalue weighted by Crippen LogP contribution is -2.45. The number of phenols is 1. The third kappa shape index (κ3) is 1.38. The van der Waals surface area contributed by atoms with Crippen LogP contribution in [0.5, 0.6) is 11.5 Å². The zero-order chi connectivity index (χ0) is 10.3. The summed E-state index contributed by atoms with van der Waals surface area (Å²) in [7, 11) is 0. The van der Waals surface area contributed by atoms with E-state index in [-0.39, 0.29) is 11.4 Å². The summed E-state index contributed by atoms with van der Waals surface area (Å²) in [4.78, 5) is 0. The number of phenolic OH excluding ortho intramolecular Hbond substituents is 1. The number of benzene rings is 1. The average molecular weight is 205 g/mol. The predicted molar refractivity (Wildman–Crippen MR) is 57.3 cm³/mol. The first-order valence-electron chi connectivity index (χ1n) is 5.50. The quantitative estimate of drug-likeness (QED) is 0.673. The van der Waals surface area contributed by atoms with Crippen LogP contribution in [-0.4, -0.2) is 23.8 Å². The summed E-state index contributed by atoms with van der Waals surface area (Å²) in [5.41, 5.74) is 1.10. The lowest BCUT2D eigenvalue weighted by atomic mass is 9.88. The molecule has 0 aromatic heterocycles. The normalized spacial score (nSPS) is 22.4. The molecule has 1 aromatic rings. The van der Waals surface area contributed by atoms with E-state index in [4.69, 9.17) is 4.74 Å². The third-order valence-corrected chi connectivity index (χ3v) is 3.42. The van der Waals surface area contributed by atoms with Gasteiger partial charge in [-0.3, -0.25) is 0 Å². The van der Waals surface area contributed by atoms with Gasteiger partial charge < -0.3 is 15.2 Å². The molecule has 2 aliphatic heterocycles. The van der Waals surface area contributed by atoms with Gasteiger partial charge in [-0.2, -0.15) is 0 Å². The fraction of sp³-hybridized carbons (Fsp3) is 0.500. The highest BCUT2D eigenvalue weighted by molar-refractivity contribution is 5.49. The standard InChI is InChI=1S/C12H15NO2/c14-10-3-1-2-9-8-12(15-11(9)10)4-6-13-7-5-12/h1-3,13-14H,4-8H2. The molecule has 0 unspecified atom stereocenters. The van der Waals surface area contributed by atoms with Crippen molar-refractivity contribution in [2.75, 3.05) is 13.1 Å². The van der Waals surface area contributed by atoms with Gasteiger partial charge in [-0.1, -0.05) is 12.1 Å². The molecule has 0 atom stereocenters. The molecule has 0 bridgehead atoms. The van der Waals surface area contributed by atoms with Crippen molar-refractivity contribution in [2.24, 2.45) is 0 Å². The number of rotatable bonds is 0. The van der Waals surface area contributed by atoms with Crippen molar-refractivity contribution in [3.63, 3.8) is 0 Å². The molecule has 1 aromatic carbocycles. The Hall–Kier alpha value is -1.22. The van der Waals surface area contributed by atoms with Crippen LogP contribution < -0.4 is 10.1 Å². The number of piperidine rings is 1. The van der Waals surface area contributed by atoms with Crippen molar-refractivity contribution < 1.29 is 9.84 Å². The Morgan fingerprint density at radius 3 is 2.80 bits per heavy atom. The van der Waals surface area contributed by atoms with Crippen LogP contribution >= 0.6 is 0 Å². The van der Waals surface area contributed by atoms with Crippen LogP contribution in [0.2, 0.25) is 0 Å². The third-order valence-electron chi connectivity index (χ3n) is 3.42. The highest BCUT2D eigenvalue weighted by Gasteiger charge is 2.41. The number of hydrogen-bond donors (Lipinski definition) is 2. The zero-order valence-corrected chi connectivity index (χ0v) is 8.62. The molecule has 2 heterocycles. The van der Waals surface area contributed by atoms with Gasteiger partial charge in [0.2, 0.25) is 0 Å². The molecule has 0 radical (unpaired) electrons. The average Bonchev–Trinajstić information content (AvgIpc) is 2.59. The van der Waals surface area contributed by atoms with Crippen LogP contribution in [0.4, 0.5) is 0 Å². The fourth-order valence-corrected chi connectivity index (χ4v) is 2.59. The molecule has 3 heteroatoms. The minimum atomic E-state index is -0.0492. The second kappa shape index (κ2) is 3.14. The van der Waals surface area contributed by atoms with Gasteiger partial charge in [0.25, 0.3) is 0 Å². The van der Waals surface area contributed by atoms with E-state index in [2.05, 4.69) is 5.32 Å². The number of ether oxygens (including phenoxy) is 1. The molecule has 3 nitrogen and oxygen atoms in total. The van der Waals surface area contributed by atoms with Crippen molar-refractivity contribution in [2.45, 2.75) is 24.9 Å². The van der Waals surface area contributed by atoms with Crippen molar-refractivity contribution in [3.8, 4) is 11.5 Å². The number of aromatic hydroxyl groups is 1. The van der Waals surface area contributed by atoms with Gasteiger partial charge in [-0.25, -0.2) is 0 Å². The van der Waals surface area contributed by atoms with E-state index in [1.807, 2.05) is 12.1 Å². The highest BCUT2D eigenvalue weighted by atomic mass is 16.5. The topological polar surface area (TPSA) is 41.5 Å². The molecule has 80 valence electrons. The van der Waals surface area contributed by atoms with Crippen LogP contribution in [0.15, 0.2) is 18.2 Å². The van der Waals surface area contributed by atoms with Gasteiger partial charge >= 0.3 is 0 Å². The molecular weight excluding hydrogens is 190 g/mol. The molecular formula is C12H15NO2.